The molecule has 0 aliphatic carbocycles. The Bertz CT molecular complexity index is 735. The first-order valence-electron chi connectivity index (χ1n) is 10.1. The molecule has 0 bridgehead atoms. The highest BCUT2D eigenvalue weighted by atomic mass is 16.3. The largest absolute Gasteiger partial charge is 0.391 e. The summed E-state index contributed by atoms with van der Waals surface area (Å²) in [6.45, 7) is 6.29. The van der Waals surface area contributed by atoms with Crippen LogP contribution >= 0.6 is 0 Å². The van der Waals surface area contributed by atoms with Gasteiger partial charge in [-0.15, -0.1) is 0 Å². The van der Waals surface area contributed by atoms with Gasteiger partial charge in [-0.2, -0.15) is 0 Å². The summed E-state index contributed by atoms with van der Waals surface area (Å²) in [5, 5.41) is 18.6. The predicted molar refractivity (Wildman–Crippen MR) is 110 cm³/mol. The molecule has 6 N–H and O–H groups in total. The number of hydrogen-bond donors (Lipinski definition) is 5. The standard InChI is InChI=1S/C21H32N4O4/c1-12(2)19(27)17(8-9-22)24-21(29)18(13(3)26)25-20(28)16-11-23-10-14-6-4-5-7-15(14)16/h4-7,12-13,16-18,23,26H,8-11,22H2,1-3H3,(H,24,29)(H,25,28)/t13-,16?,17-,18-/m0/s1. The lowest BCUT2D eigenvalue weighted by Crippen LogP contribution is -2.57. The lowest BCUT2D eigenvalue weighted by atomic mass is 9.90. The quantitative estimate of drug-likeness (QED) is 0.387. The molecule has 0 aromatic heterocycles. The van der Waals surface area contributed by atoms with E-state index >= 15 is 0 Å². The van der Waals surface area contributed by atoms with Crippen LogP contribution in [0.5, 0.6) is 0 Å². The fourth-order valence-corrected chi connectivity index (χ4v) is 3.51. The molecule has 8 nitrogen and oxygen atoms in total. The number of aliphatic hydroxyl groups excluding tert-OH is 1. The van der Waals surface area contributed by atoms with Gasteiger partial charge in [-0.1, -0.05) is 38.1 Å². The molecule has 0 saturated carbocycles. The van der Waals surface area contributed by atoms with Gasteiger partial charge >= 0.3 is 0 Å². The summed E-state index contributed by atoms with van der Waals surface area (Å²) in [6.07, 6.45) is -0.832. The third kappa shape index (κ3) is 5.85. The zero-order valence-corrected chi connectivity index (χ0v) is 17.3. The number of carbonyl (C=O) groups is 3. The van der Waals surface area contributed by atoms with Gasteiger partial charge in [-0.25, -0.2) is 0 Å². The number of ketones is 1. The minimum atomic E-state index is -1.17. The Balaban J connectivity index is 2.12. The monoisotopic (exact) mass is 404 g/mol. The maximum absolute atomic E-state index is 12.9. The normalized spacial score (nSPS) is 19.0. The molecule has 1 aliphatic rings. The van der Waals surface area contributed by atoms with Crippen LogP contribution in [-0.2, 0) is 20.9 Å². The Morgan fingerprint density at radius 3 is 2.52 bits per heavy atom. The zero-order chi connectivity index (χ0) is 21.6. The smallest absolute Gasteiger partial charge is 0.245 e. The van der Waals surface area contributed by atoms with Crippen LogP contribution in [-0.4, -0.2) is 54.0 Å². The van der Waals surface area contributed by atoms with Crippen molar-refractivity contribution in [1.29, 1.82) is 0 Å². The average Bonchev–Trinajstić information content (AvgIpc) is 2.70. The van der Waals surface area contributed by atoms with Gasteiger partial charge in [-0.3, -0.25) is 14.4 Å². The van der Waals surface area contributed by atoms with Gasteiger partial charge < -0.3 is 26.8 Å². The highest BCUT2D eigenvalue weighted by Crippen LogP contribution is 2.24. The van der Waals surface area contributed by atoms with Gasteiger partial charge in [0.05, 0.1) is 18.1 Å². The fraction of sp³-hybridized carbons (Fsp3) is 0.571. The number of carbonyl (C=O) groups excluding carboxylic acids is 3. The number of hydrogen-bond acceptors (Lipinski definition) is 6. The molecule has 4 atom stereocenters. The molecule has 0 spiro atoms. The Labute approximate surface area is 171 Å². The summed E-state index contributed by atoms with van der Waals surface area (Å²) in [5.74, 6) is -1.82. The van der Waals surface area contributed by atoms with Crippen LogP contribution in [0, 0.1) is 5.92 Å². The summed E-state index contributed by atoms with van der Waals surface area (Å²) < 4.78 is 0. The van der Waals surface area contributed by atoms with Crippen molar-refractivity contribution in [2.45, 2.75) is 57.8 Å². The van der Waals surface area contributed by atoms with E-state index in [0.29, 0.717) is 19.5 Å². The van der Waals surface area contributed by atoms with E-state index in [1.54, 1.807) is 13.8 Å². The van der Waals surface area contributed by atoms with E-state index in [4.69, 9.17) is 5.73 Å². The van der Waals surface area contributed by atoms with Crippen LogP contribution in [0.3, 0.4) is 0 Å². The van der Waals surface area contributed by atoms with Crippen LogP contribution in [0.4, 0.5) is 0 Å². The fourth-order valence-electron chi connectivity index (χ4n) is 3.51. The maximum Gasteiger partial charge on any atom is 0.245 e. The van der Waals surface area contributed by atoms with Crippen molar-refractivity contribution in [3.05, 3.63) is 35.4 Å². The number of amides is 2. The van der Waals surface area contributed by atoms with Gasteiger partial charge in [0.2, 0.25) is 11.8 Å². The molecule has 1 heterocycles. The summed E-state index contributed by atoms with van der Waals surface area (Å²) in [6, 6.07) is 5.72. The molecule has 0 fully saturated rings. The first-order chi connectivity index (χ1) is 13.8. The Morgan fingerprint density at radius 1 is 1.21 bits per heavy atom. The van der Waals surface area contributed by atoms with Crippen molar-refractivity contribution in [2.24, 2.45) is 11.7 Å². The zero-order valence-electron chi connectivity index (χ0n) is 17.3. The lowest BCUT2D eigenvalue weighted by molar-refractivity contribution is -0.135. The Morgan fingerprint density at radius 2 is 1.90 bits per heavy atom. The maximum atomic E-state index is 12.9. The van der Waals surface area contributed by atoms with Gasteiger partial charge in [0.1, 0.15) is 6.04 Å². The SMILES string of the molecule is CC(C)C(=O)[C@H](CCN)NC(=O)[C@@H](NC(=O)C1CNCc2ccccc21)[C@H](C)O. The molecule has 0 radical (unpaired) electrons. The number of fused-ring (bicyclic) bond motifs is 1. The average molecular weight is 405 g/mol. The minimum absolute atomic E-state index is 0.134. The van der Waals surface area contributed by atoms with Crippen molar-refractivity contribution in [1.82, 2.24) is 16.0 Å². The third-order valence-corrected chi connectivity index (χ3v) is 5.16. The van der Waals surface area contributed by atoms with E-state index in [0.717, 1.165) is 11.1 Å². The molecule has 8 heteroatoms. The van der Waals surface area contributed by atoms with E-state index in [2.05, 4.69) is 16.0 Å². The van der Waals surface area contributed by atoms with E-state index < -0.39 is 30.0 Å². The molecule has 2 amide bonds. The molecular weight excluding hydrogens is 372 g/mol. The summed E-state index contributed by atoms with van der Waals surface area (Å²) in [7, 11) is 0. The number of Topliss-reactive ketones (excluding diaryl/α,β-unsaturated/α-hetero) is 1. The van der Waals surface area contributed by atoms with Crippen LogP contribution in [0.2, 0.25) is 0 Å². The van der Waals surface area contributed by atoms with Gasteiger partial charge in [0.15, 0.2) is 5.78 Å². The van der Waals surface area contributed by atoms with Gasteiger partial charge in [-0.05, 0) is 31.0 Å². The van der Waals surface area contributed by atoms with Crippen LogP contribution in [0.1, 0.15) is 44.2 Å². The second-order valence-electron chi connectivity index (χ2n) is 7.80. The van der Waals surface area contributed by atoms with Crippen molar-refractivity contribution in [3.8, 4) is 0 Å². The van der Waals surface area contributed by atoms with Crippen LogP contribution in [0.25, 0.3) is 0 Å². The third-order valence-electron chi connectivity index (χ3n) is 5.16. The van der Waals surface area contributed by atoms with Crippen molar-refractivity contribution < 1.29 is 19.5 Å². The Hall–Kier alpha value is -2.29. The van der Waals surface area contributed by atoms with Crippen molar-refractivity contribution >= 4 is 17.6 Å². The summed E-state index contributed by atoms with van der Waals surface area (Å²) in [4.78, 5) is 38.0. The number of rotatable bonds is 9. The molecule has 0 saturated heterocycles. The molecule has 1 aromatic carbocycles. The second kappa shape index (κ2) is 10.5. The van der Waals surface area contributed by atoms with E-state index in [1.807, 2.05) is 24.3 Å². The number of benzene rings is 1. The molecule has 160 valence electrons. The van der Waals surface area contributed by atoms with Crippen molar-refractivity contribution in [2.75, 3.05) is 13.1 Å². The van der Waals surface area contributed by atoms with E-state index in [9.17, 15) is 19.5 Å². The predicted octanol–water partition coefficient (Wildman–Crippen LogP) is -0.202. The molecule has 1 unspecified atom stereocenters. The minimum Gasteiger partial charge on any atom is -0.391 e. The number of nitrogens with two attached hydrogens (primary N) is 1. The molecule has 2 rings (SSSR count). The van der Waals surface area contributed by atoms with Crippen LogP contribution < -0.4 is 21.7 Å². The second-order valence-corrected chi connectivity index (χ2v) is 7.80. The summed E-state index contributed by atoms with van der Waals surface area (Å²) in [5.41, 5.74) is 7.51. The van der Waals surface area contributed by atoms with Gasteiger partial charge in [0, 0.05) is 19.0 Å². The molecule has 1 aromatic rings. The van der Waals surface area contributed by atoms with Crippen LogP contribution in [0.15, 0.2) is 24.3 Å². The molecule has 1 aliphatic heterocycles. The number of aliphatic hydroxyl groups is 1. The number of nitrogens with one attached hydrogen (secondary N) is 3. The van der Waals surface area contributed by atoms with Gasteiger partial charge in [0.25, 0.3) is 0 Å². The van der Waals surface area contributed by atoms with Crippen molar-refractivity contribution in [3.63, 3.8) is 0 Å². The highest BCUT2D eigenvalue weighted by Gasteiger charge is 2.33. The van der Waals surface area contributed by atoms with E-state index in [1.165, 1.54) is 6.92 Å². The lowest BCUT2D eigenvalue weighted by Gasteiger charge is -2.29. The molecule has 29 heavy (non-hydrogen) atoms. The summed E-state index contributed by atoms with van der Waals surface area (Å²) >= 11 is 0. The first-order valence-corrected chi connectivity index (χ1v) is 10.1. The first kappa shape index (κ1) is 23.0. The topological polar surface area (TPSA) is 134 Å². The van der Waals surface area contributed by atoms with E-state index in [-0.39, 0.29) is 24.2 Å². The Kier molecular flexibility index (Phi) is 8.31. The highest BCUT2D eigenvalue weighted by molar-refractivity contribution is 5.95. The molecular formula is C21H32N4O4.